The van der Waals surface area contributed by atoms with Crippen molar-refractivity contribution in [3.63, 3.8) is 0 Å². The van der Waals surface area contributed by atoms with E-state index in [4.69, 9.17) is 0 Å². The van der Waals surface area contributed by atoms with E-state index in [2.05, 4.69) is 112 Å². The van der Waals surface area contributed by atoms with Gasteiger partial charge in [-0.05, 0) is 0 Å². The Morgan fingerprint density at radius 1 is 0.882 bits per heavy atom. The van der Waals surface area contributed by atoms with Crippen LogP contribution in [-0.2, 0) is 17.4 Å². The number of halogens is 2. The van der Waals surface area contributed by atoms with Crippen LogP contribution in [0, 0.1) is 11.8 Å². The van der Waals surface area contributed by atoms with Gasteiger partial charge in [0.2, 0.25) is 0 Å². The second-order valence-electron chi connectivity index (χ2n) is 11.8. The van der Waals surface area contributed by atoms with Gasteiger partial charge in [0, 0.05) is 0 Å². The Bertz CT molecular complexity index is 1240. The Hall–Kier alpha value is -0.660. The van der Waals surface area contributed by atoms with Crippen molar-refractivity contribution in [2.45, 2.75) is 60.9 Å². The van der Waals surface area contributed by atoms with Crippen molar-refractivity contribution in [2.75, 3.05) is 0 Å². The standard InChI is InChI=1S/C19H19.C9H13.2CH3.2ClH.H2Si.Zr/c1-14(2)11-15-12-17-9-6-10-18(19(17)13-15)16-7-4-3-5-8-16;1-6-5-7(2)9(4)8(6)3;;;;;;/h3-10,12-14H,11H2,1-2H3;6H,1-4H3;2*1H3;2*1H;1H2;. The number of allylic oxidation sites excluding steroid dienone is 5. The molecule has 4 rings (SSSR count). The first-order chi connectivity index (χ1) is 14.9. The van der Waals surface area contributed by atoms with Crippen molar-refractivity contribution in [2.24, 2.45) is 11.8 Å². The van der Waals surface area contributed by atoms with Gasteiger partial charge in [-0.2, -0.15) is 0 Å². The van der Waals surface area contributed by atoms with E-state index in [0.717, 1.165) is 0 Å². The predicted octanol–water partition coefficient (Wildman–Crippen LogP) is 9.28. The molecule has 0 fully saturated rings. The Labute approximate surface area is 222 Å². The second-order valence-corrected chi connectivity index (χ2v) is 41.2. The van der Waals surface area contributed by atoms with E-state index in [-0.39, 0.29) is 24.8 Å². The van der Waals surface area contributed by atoms with Crippen LogP contribution < -0.4 is 0 Å². The molecular formula is C30H42Cl2SiZr. The Morgan fingerprint density at radius 3 is 2.03 bits per heavy atom. The molecule has 0 radical (unpaired) electrons. The van der Waals surface area contributed by atoms with E-state index >= 15 is 0 Å². The molecule has 0 nitrogen and oxygen atoms in total. The molecule has 0 saturated carbocycles. The summed E-state index contributed by atoms with van der Waals surface area (Å²) in [6.45, 7) is 16.8. The van der Waals surface area contributed by atoms with E-state index in [1.165, 1.54) is 23.1 Å². The molecule has 0 bridgehead atoms. The van der Waals surface area contributed by atoms with Crippen molar-refractivity contribution < 1.29 is 17.4 Å². The van der Waals surface area contributed by atoms with Crippen LogP contribution in [0.4, 0.5) is 0 Å². The molecule has 4 heteroatoms. The monoisotopic (exact) mass is 590 g/mol. The average molecular weight is 593 g/mol. The third-order valence-corrected chi connectivity index (χ3v) is 25.6. The topological polar surface area (TPSA) is 0 Å². The first kappa shape index (κ1) is 29.6. The fourth-order valence-electron chi connectivity index (χ4n) is 6.92. The summed E-state index contributed by atoms with van der Waals surface area (Å²) in [7, 11) is 0. The number of hydrogen-bond acceptors (Lipinski definition) is 0. The van der Waals surface area contributed by atoms with Gasteiger partial charge in [-0.15, -0.1) is 24.8 Å². The normalized spacial score (nSPS) is 20.2. The van der Waals surface area contributed by atoms with Crippen LogP contribution in [0.5, 0.6) is 0 Å². The minimum atomic E-state index is -3.40. The summed E-state index contributed by atoms with van der Waals surface area (Å²) in [4.78, 5) is 0. The summed E-state index contributed by atoms with van der Waals surface area (Å²) >= 11 is -3.40. The van der Waals surface area contributed by atoms with E-state index in [1.54, 1.807) is 27.9 Å². The molecular weight excluding hydrogens is 551 g/mol. The van der Waals surface area contributed by atoms with Crippen molar-refractivity contribution in [1.29, 1.82) is 0 Å². The van der Waals surface area contributed by atoms with Crippen LogP contribution in [0.25, 0.3) is 17.2 Å². The predicted molar refractivity (Wildman–Crippen MR) is 157 cm³/mol. The summed E-state index contributed by atoms with van der Waals surface area (Å²) in [6.07, 6.45) is 3.79. The molecule has 0 spiro atoms. The zero-order valence-electron chi connectivity index (χ0n) is 22.2. The molecule has 2 aliphatic rings. The SMILES string of the molecule is CC1=C(C)C(C)[C]([Zr]([CH3])([CH3])(=[SiH2])[CH]2C(CC(C)C)=Cc3c(-c4ccccc4)cccc32)=C1C.Cl.Cl. The molecule has 2 atom stereocenters. The van der Waals surface area contributed by atoms with Crippen molar-refractivity contribution in [1.82, 2.24) is 0 Å². The van der Waals surface area contributed by atoms with Gasteiger partial charge in [0.05, 0.1) is 0 Å². The summed E-state index contributed by atoms with van der Waals surface area (Å²) in [6, 6.07) is 18.1. The van der Waals surface area contributed by atoms with Crippen LogP contribution in [0.15, 0.2) is 74.1 Å². The molecule has 0 amide bonds. The molecule has 0 saturated heterocycles. The number of hydrogen-bond donors (Lipinski definition) is 0. The number of fused-ring (bicyclic) bond motifs is 1. The molecule has 2 aromatic carbocycles. The van der Waals surface area contributed by atoms with Crippen LogP contribution in [0.2, 0.25) is 9.26 Å². The van der Waals surface area contributed by atoms with Crippen LogP contribution in [0.3, 0.4) is 0 Å². The van der Waals surface area contributed by atoms with Gasteiger partial charge >= 0.3 is 199 Å². The average Bonchev–Trinajstić information content (AvgIpc) is 3.19. The fraction of sp³-hybridized carbons (Fsp3) is 0.400. The first-order valence-corrected chi connectivity index (χ1v) is 25.8. The Kier molecular flexibility index (Phi) is 9.02. The van der Waals surface area contributed by atoms with Crippen molar-refractivity contribution in [3.8, 4) is 11.1 Å². The van der Waals surface area contributed by atoms with Gasteiger partial charge < -0.3 is 0 Å². The molecule has 0 heterocycles. The third kappa shape index (κ3) is 4.82. The smallest absolute Gasteiger partial charge is 0.147 e. The zero-order valence-corrected chi connectivity index (χ0v) is 27.7. The van der Waals surface area contributed by atoms with Crippen LogP contribution in [0.1, 0.15) is 62.7 Å². The molecule has 2 aromatic rings. The Morgan fingerprint density at radius 2 is 1.50 bits per heavy atom. The molecule has 184 valence electrons. The minimum absolute atomic E-state index is 0. The zero-order chi connectivity index (χ0) is 23.4. The number of benzene rings is 2. The third-order valence-electron chi connectivity index (χ3n) is 8.33. The minimum Gasteiger partial charge on any atom is -0.147 e. The molecule has 0 aliphatic heterocycles. The summed E-state index contributed by atoms with van der Waals surface area (Å²) in [5.74, 6) is 1.26. The maximum atomic E-state index is 2.74. The maximum absolute atomic E-state index is 3.40. The van der Waals surface area contributed by atoms with E-state index < -0.39 is 17.4 Å². The molecule has 0 N–H and O–H groups in total. The van der Waals surface area contributed by atoms with E-state index in [9.17, 15) is 0 Å². The molecule has 34 heavy (non-hydrogen) atoms. The molecule has 2 aliphatic carbocycles. The molecule has 0 aromatic heterocycles. The number of rotatable bonds is 5. The van der Waals surface area contributed by atoms with Gasteiger partial charge in [0.25, 0.3) is 0 Å². The second kappa shape index (κ2) is 10.4. The van der Waals surface area contributed by atoms with E-state index in [0.29, 0.717) is 15.5 Å². The van der Waals surface area contributed by atoms with Gasteiger partial charge in [-0.25, -0.2) is 0 Å². The van der Waals surface area contributed by atoms with Crippen molar-refractivity contribution in [3.05, 3.63) is 85.2 Å². The quantitative estimate of drug-likeness (QED) is 0.304. The molecule has 2 unspecified atom stereocenters. The largest absolute Gasteiger partial charge is 0.147 e. The fourth-order valence-corrected chi connectivity index (χ4v) is 27.9. The van der Waals surface area contributed by atoms with Gasteiger partial charge in [0.15, 0.2) is 0 Å². The van der Waals surface area contributed by atoms with Crippen LogP contribution in [-0.4, -0.2) is 6.88 Å². The summed E-state index contributed by atoms with van der Waals surface area (Å²) in [5.41, 5.74) is 12.3. The van der Waals surface area contributed by atoms with Crippen LogP contribution >= 0.6 is 24.8 Å². The van der Waals surface area contributed by atoms with Crippen molar-refractivity contribution >= 4 is 37.8 Å². The van der Waals surface area contributed by atoms with E-state index in [1.807, 2.05) is 3.28 Å². The Balaban J connectivity index is 0.00000204. The van der Waals surface area contributed by atoms with Gasteiger partial charge in [0.1, 0.15) is 0 Å². The van der Waals surface area contributed by atoms with Gasteiger partial charge in [-0.1, -0.05) is 0 Å². The maximum Gasteiger partial charge on any atom is -0.147 e. The summed E-state index contributed by atoms with van der Waals surface area (Å²) in [5, 5.41) is 0. The van der Waals surface area contributed by atoms with Gasteiger partial charge in [-0.3, -0.25) is 0 Å². The summed E-state index contributed by atoms with van der Waals surface area (Å²) < 4.78 is 7.92. The first-order valence-electron chi connectivity index (χ1n) is 12.3.